The molecule has 0 radical (unpaired) electrons. The Labute approximate surface area is 211 Å². The lowest BCUT2D eigenvalue weighted by Gasteiger charge is -2.34. The second kappa shape index (κ2) is 9.64. The summed E-state index contributed by atoms with van der Waals surface area (Å²) in [5.41, 5.74) is 3.03. The van der Waals surface area contributed by atoms with Crippen molar-refractivity contribution in [2.45, 2.75) is 43.6 Å². The number of dihydropyridines is 1. The van der Waals surface area contributed by atoms with Gasteiger partial charge >= 0.3 is 6.03 Å². The number of hydrogen-bond acceptors (Lipinski definition) is 5. The molecule has 2 fully saturated rings. The van der Waals surface area contributed by atoms with Crippen molar-refractivity contribution in [1.29, 1.82) is 0 Å². The van der Waals surface area contributed by atoms with Gasteiger partial charge < -0.3 is 4.90 Å². The molecule has 0 bridgehead atoms. The molecule has 3 aromatic rings. The van der Waals surface area contributed by atoms with Crippen LogP contribution in [-0.2, 0) is 0 Å². The van der Waals surface area contributed by atoms with Crippen LogP contribution in [0, 0.1) is 5.41 Å². The van der Waals surface area contributed by atoms with Gasteiger partial charge in [0.05, 0.1) is 11.7 Å². The summed E-state index contributed by atoms with van der Waals surface area (Å²) in [6, 6.07) is 14.3. The van der Waals surface area contributed by atoms with E-state index in [0.29, 0.717) is 5.82 Å². The van der Waals surface area contributed by atoms with Gasteiger partial charge in [-0.3, -0.25) is 20.3 Å². The molecule has 7 nitrogen and oxygen atoms in total. The molecule has 7 heteroatoms. The fourth-order valence-corrected chi connectivity index (χ4v) is 5.91. The van der Waals surface area contributed by atoms with E-state index in [2.05, 4.69) is 45.6 Å². The number of anilines is 1. The third-order valence-corrected chi connectivity index (χ3v) is 7.73. The van der Waals surface area contributed by atoms with E-state index in [0.717, 1.165) is 49.2 Å². The molecule has 4 unspecified atom stereocenters. The normalized spacial score (nSPS) is 24.0. The predicted molar refractivity (Wildman–Crippen MR) is 140 cm³/mol. The van der Waals surface area contributed by atoms with Crippen LogP contribution in [0.4, 0.5) is 10.6 Å². The van der Waals surface area contributed by atoms with Crippen LogP contribution < -0.4 is 5.32 Å². The first-order valence-electron chi connectivity index (χ1n) is 12.8. The van der Waals surface area contributed by atoms with Crippen molar-refractivity contribution >= 4 is 18.1 Å². The zero-order valence-electron chi connectivity index (χ0n) is 20.2. The minimum atomic E-state index is -0.104. The fourth-order valence-electron chi connectivity index (χ4n) is 5.91. The summed E-state index contributed by atoms with van der Waals surface area (Å²) in [7, 11) is 0. The van der Waals surface area contributed by atoms with Crippen molar-refractivity contribution in [2.24, 2.45) is 10.4 Å². The SMILES string of the molecule is O=C(Nc1cccc(C(c2cccnc2)C(c2cccnc2)C23C=CC=NC2C3)n1)N1CCCCC1. The van der Waals surface area contributed by atoms with Gasteiger partial charge in [0, 0.05) is 61.3 Å². The number of nitrogens with zero attached hydrogens (tertiary/aromatic N) is 5. The van der Waals surface area contributed by atoms with E-state index < -0.39 is 0 Å². The maximum absolute atomic E-state index is 12.9. The second-order valence-corrected chi connectivity index (χ2v) is 9.94. The van der Waals surface area contributed by atoms with E-state index in [1.807, 2.05) is 54.0 Å². The molecule has 3 aromatic heterocycles. The molecule has 6 rings (SSSR count). The number of carbonyl (C=O) groups is 1. The highest BCUT2D eigenvalue weighted by atomic mass is 16.2. The van der Waals surface area contributed by atoms with Crippen molar-refractivity contribution < 1.29 is 4.79 Å². The van der Waals surface area contributed by atoms with Crippen LogP contribution in [0.1, 0.15) is 54.3 Å². The van der Waals surface area contributed by atoms with Crippen LogP contribution in [0.25, 0.3) is 0 Å². The first-order valence-corrected chi connectivity index (χ1v) is 12.8. The molecule has 5 heterocycles. The zero-order chi connectivity index (χ0) is 24.4. The van der Waals surface area contributed by atoms with Crippen molar-refractivity contribution in [2.75, 3.05) is 18.4 Å². The minimum Gasteiger partial charge on any atom is -0.325 e. The molecule has 36 heavy (non-hydrogen) atoms. The van der Waals surface area contributed by atoms with Gasteiger partial charge in [-0.15, -0.1) is 0 Å². The van der Waals surface area contributed by atoms with Gasteiger partial charge in [-0.25, -0.2) is 9.78 Å². The summed E-state index contributed by atoms with van der Waals surface area (Å²) in [6.45, 7) is 1.59. The highest BCUT2D eigenvalue weighted by Crippen LogP contribution is 2.64. The monoisotopic (exact) mass is 478 g/mol. The zero-order valence-corrected chi connectivity index (χ0v) is 20.2. The average Bonchev–Trinajstić information content (AvgIpc) is 3.69. The molecule has 0 spiro atoms. The van der Waals surface area contributed by atoms with Crippen LogP contribution in [0.5, 0.6) is 0 Å². The van der Waals surface area contributed by atoms with Crippen LogP contribution in [-0.4, -0.2) is 51.2 Å². The summed E-state index contributed by atoms with van der Waals surface area (Å²) in [5, 5.41) is 3.05. The quantitative estimate of drug-likeness (QED) is 0.528. The number of aliphatic imine (C=N–C) groups is 1. The number of amides is 2. The Bertz CT molecular complexity index is 1270. The Hall–Kier alpha value is -3.87. The van der Waals surface area contributed by atoms with E-state index in [1.165, 1.54) is 6.42 Å². The van der Waals surface area contributed by atoms with Gasteiger partial charge in [-0.1, -0.05) is 24.3 Å². The van der Waals surface area contributed by atoms with Gasteiger partial charge in [-0.2, -0.15) is 0 Å². The molecule has 182 valence electrons. The number of piperidine rings is 1. The Morgan fingerprint density at radius 1 is 0.972 bits per heavy atom. The predicted octanol–water partition coefficient (Wildman–Crippen LogP) is 5.20. The van der Waals surface area contributed by atoms with Gasteiger partial charge in [0.25, 0.3) is 0 Å². The molecular weight excluding hydrogens is 448 g/mol. The van der Waals surface area contributed by atoms with E-state index in [4.69, 9.17) is 9.98 Å². The number of likely N-dealkylation sites (tertiary alicyclic amines) is 1. The van der Waals surface area contributed by atoms with Gasteiger partial charge in [0.15, 0.2) is 0 Å². The number of nitrogens with one attached hydrogen (secondary N) is 1. The Morgan fingerprint density at radius 3 is 2.47 bits per heavy atom. The fraction of sp³-hybridized carbons (Fsp3) is 0.345. The molecule has 1 saturated carbocycles. The summed E-state index contributed by atoms with van der Waals surface area (Å²) in [5.74, 6) is 0.552. The summed E-state index contributed by atoms with van der Waals surface area (Å²) in [6.07, 6.45) is 18.1. The van der Waals surface area contributed by atoms with Crippen molar-refractivity contribution in [3.63, 3.8) is 0 Å². The summed E-state index contributed by atoms with van der Waals surface area (Å²) < 4.78 is 0. The third-order valence-electron chi connectivity index (χ3n) is 7.73. The van der Waals surface area contributed by atoms with Crippen molar-refractivity contribution in [1.82, 2.24) is 19.9 Å². The Balaban J connectivity index is 1.41. The lowest BCUT2D eigenvalue weighted by atomic mass is 9.70. The number of allylic oxidation sites excluding steroid dienone is 1. The molecule has 2 aliphatic heterocycles. The molecular formula is C29H30N6O. The molecule has 3 aliphatic rings. The number of hydrogen-bond donors (Lipinski definition) is 1. The maximum atomic E-state index is 12.9. The van der Waals surface area contributed by atoms with Crippen molar-refractivity contribution in [3.8, 4) is 0 Å². The lowest BCUT2D eigenvalue weighted by molar-refractivity contribution is 0.200. The number of rotatable bonds is 6. The molecule has 2 amide bonds. The standard InChI is InChI=1S/C29H30N6O/c36-28(35-16-2-1-3-17-35)34-25-11-4-10-23(33-25)26(21-8-5-13-30-19-21)27(22-9-6-14-31-20-22)29-12-7-15-32-24(29)18-29/h4-15,19-20,24,26-27H,1-3,16-18H2,(H,33,34,36). The summed E-state index contributed by atoms with van der Waals surface area (Å²) in [4.78, 5) is 33.5. The van der Waals surface area contributed by atoms with E-state index in [9.17, 15) is 4.79 Å². The molecule has 0 aromatic carbocycles. The first kappa shape index (κ1) is 22.6. The highest BCUT2D eigenvalue weighted by Gasteiger charge is 2.60. The maximum Gasteiger partial charge on any atom is 0.323 e. The Morgan fingerprint density at radius 2 is 1.75 bits per heavy atom. The number of carbonyl (C=O) groups excluding carboxylic acids is 1. The average molecular weight is 479 g/mol. The van der Waals surface area contributed by atoms with Crippen molar-refractivity contribution in [3.05, 3.63) is 96.2 Å². The Kier molecular flexibility index (Phi) is 6.05. The molecule has 1 N–H and O–H groups in total. The number of fused-ring (bicyclic) bond motifs is 1. The minimum absolute atomic E-state index is 0.0645. The molecule has 1 aliphatic carbocycles. The first-order chi connectivity index (χ1) is 17.7. The van der Waals surface area contributed by atoms with Crippen LogP contribution >= 0.6 is 0 Å². The summed E-state index contributed by atoms with van der Waals surface area (Å²) >= 11 is 0. The highest BCUT2D eigenvalue weighted by molar-refractivity contribution is 5.88. The third kappa shape index (κ3) is 4.30. The van der Waals surface area contributed by atoms with Gasteiger partial charge in [0.1, 0.15) is 5.82 Å². The molecule has 1 saturated heterocycles. The number of pyridine rings is 3. The molecule has 4 atom stereocenters. The number of aromatic nitrogens is 3. The van der Waals surface area contributed by atoms with Crippen LogP contribution in [0.2, 0.25) is 0 Å². The second-order valence-electron chi connectivity index (χ2n) is 9.94. The largest absolute Gasteiger partial charge is 0.325 e. The van der Waals surface area contributed by atoms with Gasteiger partial charge in [0.2, 0.25) is 0 Å². The van der Waals surface area contributed by atoms with Crippen LogP contribution in [0.15, 0.2) is 84.4 Å². The number of urea groups is 1. The van der Waals surface area contributed by atoms with E-state index in [1.54, 1.807) is 6.20 Å². The van der Waals surface area contributed by atoms with Crippen LogP contribution in [0.3, 0.4) is 0 Å². The lowest BCUT2D eigenvalue weighted by Crippen LogP contribution is -2.38. The van der Waals surface area contributed by atoms with E-state index in [-0.39, 0.29) is 29.3 Å². The smallest absolute Gasteiger partial charge is 0.323 e. The van der Waals surface area contributed by atoms with E-state index >= 15 is 0 Å². The topological polar surface area (TPSA) is 83.4 Å². The van der Waals surface area contributed by atoms with Gasteiger partial charge in [-0.05, 0) is 67.2 Å².